The second kappa shape index (κ2) is 5.34. The largest absolute Gasteiger partial charge is 0.479 e. The van der Waals surface area contributed by atoms with Crippen LogP contribution in [0.2, 0.25) is 0 Å². The molecule has 0 aliphatic carbocycles. The van der Waals surface area contributed by atoms with E-state index in [1.807, 2.05) is 27.7 Å². The summed E-state index contributed by atoms with van der Waals surface area (Å²) in [5.74, 6) is -1.26. The van der Waals surface area contributed by atoms with Crippen molar-refractivity contribution in [1.29, 1.82) is 0 Å². The van der Waals surface area contributed by atoms with Crippen LogP contribution >= 0.6 is 0 Å². The summed E-state index contributed by atoms with van der Waals surface area (Å²) in [5.41, 5.74) is 2.69. The number of aliphatic hydroxyl groups is 1. The lowest BCUT2D eigenvalue weighted by Gasteiger charge is -2.28. The summed E-state index contributed by atoms with van der Waals surface area (Å²) in [7, 11) is 0. The van der Waals surface area contributed by atoms with Crippen molar-refractivity contribution in [2.75, 3.05) is 0 Å². The van der Waals surface area contributed by atoms with E-state index in [9.17, 15) is 15.0 Å². The summed E-state index contributed by atoms with van der Waals surface area (Å²) in [6.45, 7) is 7.74. The second-order valence-electron chi connectivity index (χ2n) is 5.50. The first kappa shape index (κ1) is 15.3. The molecule has 2 aromatic rings. The molecular weight excluding hydrogens is 264 g/mol. The molecule has 1 atom stereocenters. The Hall–Kier alpha value is -2.13. The molecule has 3 heteroatoms. The highest BCUT2D eigenvalue weighted by Crippen LogP contribution is 2.35. The van der Waals surface area contributed by atoms with E-state index in [0.29, 0.717) is 11.1 Å². The molecule has 0 unspecified atom stereocenters. The zero-order valence-corrected chi connectivity index (χ0v) is 12.8. The number of benzene rings is 2. The van der Waals surface area contributed by atoms with Crippen molar-refractivity contribution in [3.63, 3.8) is 0 Å². The third kappa shape index (κ3) is 2.34. The van der Waals surface area contributed by atoms with Crippen LogP contribution in [0.4, 0.5) is 0 Å². The third-order valence-electron chi connectivity index (χ3n) is 4.37. The van der Waals surface area contributed by atoms with Crippen molar-refractivity contribution in [2.24, 2.45) is 0 Å². The maximum atomic E-state index is 11.8. The molecule has 110 valence electrons. The van der Waals surface area contributed by atoms with Crippen LogP contribution in [0.15, 0.2) is 36.4 Å². The topological polar surface area (TPSA) is 57.5 Å². The van der Waals surface area contributed by atoms with E-state index < -0.39 is 11.6 Å². The Labute approximate surface area is 124 Å². The number of carboxylic acid groups (broad SMARTS) is 1. The van der Waals surface area contributed by atoms with E-state index in [1.54, 1.807) is 36.4 Å². The van der Waals surface area contributed by atoms with E-state index >= 15 is 0 Å². The van der Waals surface area contributed by atoms with Crippen molar-refractivity contribution < 1.29 is 15.0 Å². The highest BCUT2D eigenvalue weighted by atomic mass is 16.4. The van der Waals surface area contributed by atoms with Gasteiger partial charge in [0, 0.05) is 5.56 Å². The van der Waals surface area contributed by atoms with Crippen molar-refractivity contribution in [2.45, 2.75) is 33.3 Å². The van der Waals surface area contributed by atoms with Gasteiger partial charge in [-0.3, -0.25) is 0 Å². The predicted octanol–water partition coefficient (Wildman–Crippen LogP) is 3.24. The normalized spacial score (nSPS) is 13.8. The van der Waals surface area contributed by atoms with E-state index in [2.05, 4.69) is 0 Å². The minimum absolute atomic E-state index is 0.364. The van der Waals surface area contributed by atoms with E-state index in [4.69, 9.17) is 0 Å². The highest BCUT2D eigenvalue weighted by Gasteiger charge is 2.41. The molecule has 0 aliphatic rings. The molecule has 2 aromatic carbocycles. The fraction of sp³-hybridized carbons (Fsp3) is 0.278. The van der Waals surface area contributed by atoms with Crippen LogP contribution in [0.1, 0.15) is 33.4 Å². The van der Waals surface area contributed by atoms with Crippen LogP contribution in [0, 0.1) is 27.7 Å². The van der Waals surface area contributed by atoms with Crippen molar-refractivity contribution in [3.05, 3.63) is 69.8 Å². The Morgan fingerprint density at radius 3 is 2.05 bits per heavy atom. The van der Waals surface area contributed by atoms with Gasteiger partial charge in [0.1, 0.15) is 0 Å². The smallest absolute Gasteiger partial charge is 0.345 e. The van der Waals surface area contributed by atoms with Gasteiger partial charge in [-0.15, -0.1) is 0 Å². The van der Waals surface area contributed by atoms with Crippen molar-refractivity contribution in [1.82, 2.24) is 0 Å². The number of hydrogen-bond donors (Lipinski definition) is 2. The molecule has 0 radical (unpaired) electrons. The van der Waals surface area contributed by atoms with Gasteiger partial charge in [0.2, 0.25) is 5.60 Å². The fourth-order valence-electron chi connectivity index (χ4n) is 2.66. The maximum absolute atomic E-state index is 11.8. The Morgan fingerprint density at radius 2 is 1.52 bits per heavy atom. The summed E-state index contributed by atoms with van der Waals surface area (Å²) in [6.07, 6.45) is 0. The zero-order chi connectivity index (χ0) is 15.8. The Bertz CT molecular complexity index is 689. The first-order chi connectivity index (χ1) is 9.80. The van der Waals surface area contributed by atoms with Gasteiger partial charge in [0.25, 0.3) is 0 Å². The monoisotopic (exact) mass is 284 g/mol. The molecule has 3 nitrogen and oxygen atoms in total. The Balaban J connectivity index is 2.80. The Morgan fingerprint density at radius 1 is 0.952 bits per heavy atom. The average Bonchev–Trinajstić information content (AvgIpc) is 2.48. The second-order valence-corrected chi connectivity index (χ2v) is 5.50. The lowest BCUT2D eigenvalue weighted by atomic mass is 9.80. The minimum Gasteiger partial charge on any atom is -0.479 e. The van der Waals surface area contributed by atoms with Crippen LogP contribution in [-0.4, -0.2) is 16.2 Å². The number of hydrogen-bond acceptors (Lipinski definition) is 2. The van der Waals surface area contributed by atoms with E-state index in [-0.39, 0.29) is 0 Å². The number of carboxylic acids is 1. The number of carbonyl (C=O) groups is 1. The van der Waals surface area contributed by atoms with Gasteiger partial charge in [-0.05, 0) is 55.5 Å². The molecule has 0 aromatic heterocycles. The third-order valence-corrected chi connectivity index (χ3v) is 4.37. The number of aliphatic carboxylic acids is 1. The average molecular weight is 284 g/mol. The lowest BCUT2D eigenvalue weighted by molar-refractivity contribution is -0.155. The molecule has 2 N–H and O–H groups in total. The highest BCUT2D eigenvalue weighted by molar-refractivity contribution is 5.84. The van der Waals surface area contributed by atoms with E-state index in [0.717, 1.165) is 22.3 Å². The molecular formula is C18H20O3. The van der Waals surface area contributed by atoms with Crippen molar-refractivity contribution in [3.8, 4) is 0 Å². The zero-order valence-electron chi connectivity index (χ0n) is 12.8. The van der Waals surface area contributed by atoms with E-state index in [1.165, 1.54) is 0 Å². The van der Waals surface area contributed by atoms with Gasteiger partial charge >= 0.3 is 5.97 Å². The molecule has 2 rings (SSSR count). The molecule has 21 heavy (non-hydrogen) atoms. The SMILES string of the molecule is Cc1cc([C@@](O)(C(=O)O)c2ccccc2)c(C)c(C)c1C. The fourth-order valence-corrected chi connectivity index (χ4v) is 2.66. The molecule has 0 saturated heterocycles. The molecule has 0 spiro atoms. The first-order valence-corrected chi connectivity index (χ1v) is 6.89. The van der Waals surface area contributed by atoms with Gasteiger partial charge in [0.05, 0.1) is 0 Å². The Kier molecular flexibility index (Phi) is 3.88. The molecule has 0 heterocycles. The predicted molar refractivity (Wildman–Crippen MR) is 82.5 cm³/mol. The van der Waals surface area contributed by atoms with Gasteiger partial charge in [-0.2, -0.15) is 0 Å². The van der Waals surface area contributed by atoms with Crippen LogP contribution in [0.5, 0.6) is 0 Å². The standard InChI is InChI=1S/C18H20O3/c1-11-10-16(14(4)13(3)12(11)2)18(21,17(19)20)15-8-6-5-7-9-15/h5-10,21H,1-4H3,(H,19,20)/t18-/m1/s1. The summed E-state index contributed by atoms with van der Waals surface area (Å²) in [4.78, 5) is 11.8. The quantitative estimate of drug-likeness (QED) is 0.909. The molecule has 0 amide bonds. The van der Waals surface area contributed by atoms with Crippen molar-refractivity contribution >= 4 is 5.97 Å². The van der Waals surface area contributed by atoms with Gasteiger partial charge < -0.3 is 10.2 Å². The summed E-state index contributed by atoms with van der Waals surface area (Å²) in [6, 6.07) is 10.3. The molecule has 0 saturated carbocycles. The maximum Gasteiger partial charge on any atom is 0.345 e. The summed E-state index contributed by atoms with van der Waals surface area (Å²) >= 11 is 0. The van der Waals surface area contributed by atoms with Gasteiger partial charge in [-0.25, -0.2) is 4.79 Å². The summed E-state index contributed by atoms with van der Waals surface area (Å²) < 4.78 is 0. The summed E-state index contributed by atoms with van der Waals surface area (Å²) in [5, 5.41) is 20.6. The van der Waals surface area contributed by atoms with Gasteiger partial charge in [0.15, 0.2) is 0 Å². The first-order valence-electron chi connectivity index (χ1n) is 6.89. The number of rotatable bonds is 3. The molecule has 0 bridgehead atoms. The lowest BCUT2D eigenvalue weighted by Crippen LogP contribution is -2.37. The van der Waals surface area contributed by atoms with Crippen LogP contribution in [-0.2, 0) is 10.4 Å². The van der Waals surface area contributed by atoms with Crippen LogP contribution < -0.4 is 0 Å². The molecule has 0 aliphatic heterocycles. The van der Waals surface area contributed by atoms with Crippen LogP contribution in [0.25, 0.3) is 0 Å². The molecule has 0 fully saturated rings. The van der Waals surface area contributed by atoms with Gasteiger partial charge in [-0.1, -0.05) is 36.4 Å². The number of aryl methyl sites for hydroxylation is 1. The minimum atomic E-state index is -2.03. The van der Waals surface area contributed by atoms with Crippen LogP contribution in [0.3, 0.4) is 0 Å².